The summed E-state index contributed by atoms with van der Waals surface area (Å²) in [5.41, 5.74) is 5.84. The molecule has 2 N–H and O–H groups in total. The maximum Gasteiger partial charge on any atom is 0.336 e. The fraction of sp³-hybridized carbons (Fsp3) is 0.333. The van der Waals surface area contributed by atoms with E-state index in [-0.39, 0.29) is 5.56 Å². The molecule has 3 rings (SSSR count). The van der Waals surface area contributed by atoms with E-state index in [0.717, 1.165) is 85.5 Å². The van der Waals surface area contributed by atoms with E-state index < -0.39 is 11.9 Å². The van der Waals surface area contributed by atoms with E-state index in [1.807, 2.05) is 36.4 Å². The normalized spacial score (nSPS) is 11.7. The molecule has 0 heterocycles. The molecule has 6 nitrogen and oxygen atoms in total. The molecule has 0 spiro atoms. The zero-order chi connectivity index (χ0) is 28.4. The Bertz CT molecular complexity index is 1230. The Balaban J connectivity index is 2.02. The number of benzene rings is 2. The first kappa shape index (κ1) is 29.8. The minimum atomic E-state index is -0.964. The Kier molecular flexibility index (Phi) is 11.0. The Morgan fingerprint density at radius 2 is 1.33 bits per heavy atom. The smallest absolute Gasteiger partial charge is 0.336 e. The van der Waals surface area contributed by atoms with Crippen LogP contribution in [0.15, 0.2) is 74.9 Å². The third-order valence-corrected chi connectivity index (χ3v) is 7.27. The van der Waals surface area contributed by atoms with Gasteiger partial charge in [0, 0.05) is 26.2 Å². The molecule has 0 amide bonds. The molecule has 0 aromatic heterocycles. The van der Waals surface area contributed by atoms with Crippen LogP contribution in [0.5, 0.6) is 0 Å². The minimum absolute atomic E-state index is 0.278. The molecule has 0 radical (unpaired) electrons. The maximum atomic E-state index is 12.7. The third kappa shape index (κ3) is 7.22. The van der Waals surface area contributed by atoms with Gasteiger partial charge in [0.05, 0.1) is 11.1 Å². The van der Waals surface area contributed by atoms with Crippen molar-refractivity contribution in [1.82, 2.24) is 9.80 Å². The Morgan fingerprint density at radius 1 is 0.769 bits per heavy atom. The molecule has 0 aliphatic heterocycles. The number of rotatable bonds is 18. The number of fused-ring (bicyclic) bond motifs is 3. The second-order valence-corrected chi connectivity index (χ2v) is 9.92. The Labute approximate surface area is 232 Å². The molecule has 39 heavy (non-hydrogen) atoms. The van der Waals surface area contributed by atoms with Crippen LogP contribution in [0.25, 0.3) is 11.1 Å². The van der Waals surface area contributed by atoms with Crippen molar-refractivity contribution >= 4 is 11.9 Å². The predicted molar refractivity (Wildman–Crippen MR) is 159 cm³/mol. The molecule has 0 atom stereocenters. The molecular weight excluding hydrogens is 488 g/mol. The summed E-state index contributed by atoms with van der Waals surface area (Å²) in [5.74, 6) is -1.89. The van der Waals surface area contributed by atoms with E-state index in [9.17, 15) is 19.8 Å². The van der Waals surface area contributed by atoms with Gasteiger partial charge in [0.2, 0.25) is 0 Å². The number of nitrogens with zero attached hydrogens (tertiary/aromatic N) is 2. The van der Waals surface area contributed by atoms with Crippen molar-refractivity contribution < 1.29 is 19.8 Å². The molecular formula is C33H40N2O4. The van der Waals surface area contributed by atoms with Gasteiger partial charge in [0.15, 0.2) is 0 Å². The number of hydrogen-bond donors (Lipinski definition) is 2. The number of carbonyl (C=O) groups is 2. The quantitative estimate of drug-likeness (QED) is 0.201. The van der Waals surface area contributed by atoms with Gasteiger partial charge in [-0.1, -0.05) is 36.4 Å². The highest BCUT2D eigenvalue weighted by atomic mass is 16.4. The highest BCUT2D eigenvalue weighted by Crippen LogP contribution is 2.43. The van der Waals surface area contributed by atoms with Crippen molar-refractivity contribution in [2.45, 2.75) is 32.1 Å². The molecule has 206 valence electrons. The van der Waals surface area contributed by atoms with Gasteiger partial charge in [0.25, 0.3) is 0 Å². The van der Waals surface area contributed by atoms with Crippen LogP contribution >= 0.6 is 0 Å². The molecule has 2 aromatic carbocycles. The number of carboxylic acids is 2. The lowest BCUT2D eigenvalue weighted by Crippen LogP contribution is -2.26. The van der Waals surface area contributed by atoms with Crippen LogP contribution in [0.4, 0.5) is 0 Å². The average Bonchev–Trinajstić information content (AvgIpc) is 3.27. The van der Waals surface area contributed by atoms with Crippen LogP contribution in [-0.4, -0.2) is 71.2 Å². The van der Waals surface area contributed by atoms with Crippen LogP contribution in [0.3, 0.4) is 0 Å². The molecule has 0 fully saturated rings. The van der Waals surface area contributed by atoms with Crippen LogP contribution in [0.1, 0.15) is 55.8 Å². The van der Waals surface area contributed by atoms with Crippen LogP contribution < -0.4 is 0 Å². The molecule has 6 heteroatoms. The van der Waals surface area contributed by atoms with Crippen molar-refractivity contribution in [1.29, 1.82) is 0 Å². The van der Waals surface area contributed by atoms with Crippen molar-refractivity contribution in [3.63, 3.8) is 0 Å². The minimum Gasteiger partial charge on any atom is -0.478 e. The first-order chi connectivity index (χ1) is 18.9. The number of aromatic carboxylic acids is 2. The molecule has 0 saturated carbocycles. The first-order valence-corrected chi connectivity index (χ1v) is 13.5. The lowest BCUT2D eigenvalue weighted by molar-refractivity contribution is 0.0683. The largest absolute Gasteiger partial charge is 0.478 e. The number of aryl methyl sites for hydroxylation is 1. The summed E-state index contributed by atoms with van der Waals surface area (Å²) >= 11 is 0. The lowest BCUT2D eigenvalue weighted by atomic mass is 9.87. The molecule has 0 bridgehead atoms. The van der Waals surface area contributed by atoms with Gasteiger partial charge in [-0.15, -0.1) is 26.3 Å². The Hall–Kier alpha value is -3.74. The number of carboxylic acid groups (broad SMARTS) is 2. The van der Waals surface area contributed by atoms with Crippen molar-refractivity contribution in [3.8, 4) is 11.1 Å². The first-order valence-electron chi connectivity index (χ1n) is 13.5. The molecule has 0 saturated heterocycles. The Morgan fingerprint density at radius 3 is 1.85 bits per heavy atom. The second-order valence-electron chi connectivity index (χ2n) is 9.92. The van der Waals surface area contributed by atoms with E-state index in [0.29, 0.717) is 24.8 Å². The van der Waals surface area contributed by atoms with E-state index in [2.05, 4.69) is 36.1 Å². The van der Waals surface area contributed by atoms with Gasteiger partial charge in [-0.25, -0.2) is 9.59 Å². The van der Waals surface area contributed by atoms with Crippen molar-refractivity contribution in [2.75, 3.05) is 39.3 Å². The van der Waals surface area contributed by atoms with Crippen molar-refractivity contribution in [3.05, 3.63) is 108 Å². The van der Waals surface area contributed by atoms with Crippen LogP contribution in [-0.2, 0) is 19.3 Å². The predicted octanol–water partition coefficient (Wildman–Crippen LogP) is 5.87. The summed E-state index contributed by atoms with van der Waals surface area (Å²) in [7, 11) is 0. The maximum absolute atomic E-state index is 12.7. The molecule has 1 aliphatic rings. The number of hydrogen-bond acceptors (Lipinski definition) is 4. The second kappa shape index (κ2) is 14.4. The third-order valence-electron chi connectivity index (χ3n) is 7.27. The topological polar surface area (TPSA) is 81.1 Å². The zero-order valence-corrected chi connectivity index (χ0v) is 22.8. The van der Waals surface area contributed by atoms with E-state index >= 15 is 0 Å². The zero-order valence-electron chi connectivity index (χ0n) is 22.8. The van der Waals surface area contributed by atoms with E-state index in [4.69, 9.17) is 0 Å². The summed E-state index contributed by atoms with van der Waals surface area (Å²) in [6.07, 6.45) is 10.6. The van der Waals surface area contributed by atoms with Gasteiger partial charge in [-0.2, -0.15) is 0 Å². The SMILES string of the molecule is C=CCN(CC=C)CCCc1cc2c(c(CCCN(CC=C)CC=C)c1C(=O)O)Cc1c(C(=O)O)cccc1-2. The lowest BCUT2D eigenvalue weighted by Gasteiger charge is -2.22. The summed E-state index contributed by atoms with van der Waals surface area (Å²) in [6.45, 7) is 19.9. The molecule has 0 unspecified atom stereocenters. The van der Waals surface area contributed by atoms with E-state index in [1.165, 1.54) is 0 Å². The van der Waals surface area contributed by atoms with Gasteiger partial charge in [0.1, 0.15) is 0 Å². The van der Waals surface area contributed by atoms with Gasteiger partial charge in [-0.05, 0) is 90.7 Å². The summed E-state index contributed by atoms with van der Waals surface area (Å²) in [4.78, 5) is 29.1. The highest BCUT2D eigenvalue weighted by molar-refractivity contribution is 5.97. The monoisotopic (exact) mass is 528 g/mol. The molecule has 1 aliphatic carbocycles. The summed E-state index contributed by atoms with van der Waals surface area (Å²) in [5, 5.41) is 20.2. The average molecular weight is 529 g/mol. The van der Waals surface area contributed by atoms with Gasteiger partial charge in [-0.3, -0.25) is 9.80 Å². The fourth-order valence-electron chi connectivity index (χ4n) is 5.65. The molecule has 2 aromatic rings. The summed E-state index contributed by atoms with van der Waals surface area (Å²) in [6, 6.07) is 7.34. The van der Waals surface area contributed by atoms with Crippen LogP contribution in [0, 0.1) is 0 Å². The summed E-state index contributed by atoms with van der Waals surface area (Å²) < 4.78 is 0. The van der Waals surface area contributed by atoms with Gasteiger partial charge >= 0.3 is 11.9 Å². The van der Waals surface area contributed by atoms with E-state index in [1.54, 1.807) is 12.1 Å². The van der Waals surface area contributed by atoms with Gasteiger partial charge < -0.3 is 10.2 Å². The standard InChI is InChI=1S/C33H40N2O4/c1-5-16-34(17-6-2)20-10-12-24-22-28-25-13-9-14-27(32(36)37)29(25)23-30(28)26(31(24)33(38)39)15-11-21-35(18-7-3)19-8-4/h5-9,13-14,22H,1-4,10-12,15-21,23H2,(H,36,37)(H,38,39). The van der Waals surface area contributed by atoms with Crippen LogP contribution in [0.2, 0.25) is 0 Å². The van der Waals surface area contributed by atoms with Crippen molar-refractivity contribution in [2.24, 2.45) is 0 Å². The fourth-order valence-corrected chi connectivity index (χ4v) is 5.65. The highest BCUT2D eigenvalue weighted by Gasteiger charge is 2.30.